The molecule has 26 heavy (non-hydrogen) atoms. The van der Waals surface area contributed by atoms with E-state index >= 15 is 0 Å². The molecule has 7 heteroatoms. The van der Waals surface area contributed by atoms with Crippen LogP contribution in [0.4, 0.5) is 0 Å². The number of amides is 1. The van der Waals surface area contributed by atoms with Gasteiger partial charge in [-0.3, -0.25) is 9.48 Å². The lowest BCUT2D eigenvalue weighted by molar-refractivity contribution is -0.121. The molecule has 0 fully saturated rings. The molecule has 1 N–H and O–H groups in total. The van der Waals surface area contributed by atoms with Gasteiger partial charge in [0.25, 0.3) is 0 Å². The number of carbonyl (C=O) groups is 1. The summed E-state index contributed by atoms with van der Waals surface area (Å²) in [4.78, 5) is 12.7. The molecule has 1 unspecified atom stereocenters. The molecule has 0 saturated heterocycles. The summed E-state index contributed by atoms with van der Waals surface area (Å²) >= 11 is 0. The minimum Gasteiger partial charge on any atom is -0.348 e. The molecule has 2 rings (SSSR count). The Hall–Kier alpha value is -2.15. The normalized spacial score (nSPS) is 12.8. The Morgan fingerprint density at radius 2 is 1.85 bits per heavy atom. The van der Waals surface area contributed by atoms with Gasteiger partial charge >= 0.3 is 0 Å². The molecule has 1 aromatic heterocycles. The zero-order valence-electron chi connectivity index (χ0n) is 15.8. The van der Waals surface area contributed by atoms with E-state index in [1.165, 1.54) is 6.26 Å². The van der Waals surface area contributed by atoms with Crippen LogP contribution in [0, 0.1) is 0 Å². The molecule has 0 spiro atoms. The summed E-state index contributed by atoms with van der Waals surface area (Å²) in [5, 5.41) is 7.39. The molecule has 1 aromatic carbocycles. The Morgan fingerprint density at radius 1 is 1.19 bits per heavy atom. The molecule has 0 radical (unpaired) electrons. The zero-order chi connectivity index (χ0) is 19.3. The number of nitrogens with one attached hydrogen (secondary N) is 1. The van der Waals surface area contributed by atoms with E-state index in [1.807, 2.05) is 55.9 Å². The molecule has 2 aromatic rings. The molecular formula is C19H27N3O3S. The van der Waals surface area contributed by atoms with Crippen LogP contribution >= 0.6 is 0 Å². The number of hydrogen-bond acceptors (Lipinski definition) is 4. The number of carbonyl (C=O) groups excluding carboxylic acids is 1. The van der Waals surface area contributed by atoms with E-state index in [-0.39, 0.29) is 18.1 Å². The molecule has 0 saturated carbocycles. The number of aryl methyl sites for hydroxylation is 2. The van der Waals surface area contributed by atoms with Crippen molar-refractivity contribution in [3.8, 4) is 0 Å². The van der Waals surface area contributed by atoms with Crippen LogP contribution in [0.3, 0.4) is 0 Å². The summed E-state index contributed by atoms with van der Waals surface area (Å²) in [6, 6.07) is 8.62. The summed E-state index contributed by atoms with van der Waals surface area (Å²) < 4.78 is 25.4. The van der Waals surface area contributed by atoms with Crippen LogP contribution in [-0.4, -0.2) is 36.1 Å². The minimum absolute atomic E-state index is 0.128. The predicted molar refractivity (Wildman–Crippen MR) is 103 cm³/mol. The molecule has 1 atom stereocenters. The van der Waals surface area contributed by atoms with Gasteiger partial charge in [0.15, 0.2) is 0 Å². The minimum atomic E-state index is -3.24. The summed E-state index contributed by atoms with van der Waals surface area (Å²) in [5.41, 5.74) is 3.68. The highest BCUT2D eigenvalue weighted by molar-refractivity contribution is 7.90. The maximum atomic E-state index is 12.7. The topological polar surface area (TPSA) is 81.1 Å². The second kappa shape index (κ2) is 8.49. The smallest absolute Gasteiger partial charge is 0.225 e. The van der Waals surface area contributed by atoms with Gasteiger partial charge < -0.3 is 5.32 Å². The van der Waals surface area contributed by atoms with Crippen molar-refractivity contribution >= 4 is 15.7 Å². The maximum absolute atomic E-state index is 12.7. The van der Waals surface area contributed by atoms with E-state index in [0.717, 1.165) is 35.4 Å². The molecular weight excluding hydrogens is 350 g/mol. The fourth-order valence-electron chi connectivity index (χ4n) is 3.21. The average molecular weight is 378 g/mol. The third kappa shape index (κ3) is 5.17. The van der Waals surface area contributed by atoms with Crippen molar-refractivity contribution in [1.82, 2.24) is 15.1 Å². The monoisotopic (exact) mass is 377 g/mol. The third-order valence-corrected chi connectivity index (χ3v) is 5.31. The van der Waals surface area contributed by atoms with E-state index in [4.69, 9.17) is 0 Å². The lowest BCUT2D eigenvalue weighted by atomic mass is 10.0. The van der Waals surface area contributed by atoms with Crippen LogP contribution in [-0.2, 0) is 40.9 Å². The number of benzene rings is 1. The fourth-order valence-corrected chi connectivity index (χ4v) is 4.09. The van der Waals surface area contributed by atoms with Gasteiger partial charge in [-0.15, -0.1) is 0 Å². The van der Waals surface area contributed by atoms with Crippen LogP contribution in [0.1, 0.15) is 42.4 Å². The lowest BCUT2D eigenvalue weighted by Crippen LogP contribution is -2.34. The number of hydrogen-bond donors (Lipinski definition) is 1. The third-order valence-electron chi connectivity index (χ3n) is 4.37. The number of sulfone groups is 1. The summed E-state index contributed by atoms with van der Waals surface area (Å²) in [6.45, 7) is 4.05. The first kappa shape index (κ1) is 20.2. The Labute approximate surface area is 155 Å². The highest BCUT2D eigenvalue weighted by Crippen LogP contribution is 2.18. The lowest BCUT2D eigenvalue weighted by Gasteiger charge is -2.18. The first-order chi connectivity index (χ1) is 12.2. The molecule has 142 valence electrons. The van der Waals surface area contributed by atoms with Crippen molar-refractivity contribution in [3.63, 3.8) is 0 Å². The van der Waals surface area contributed by atoms with Crippen LogP contribution in [0.25, 0.3) is 0 Å². The van der Waals surface area contributed by atoms with Crippen molar-refractivity contribution in [3.05, 3.63) is 52.8 Å². The van der Waals surface area contributed by atoms with Gasteiger partial charge in [-0.1, -0.05) is 44.2 Å². The van der Waals surface area contributed by atoms with Crippen LogP contribution in [0.2, 0.25) is 0 Å². The van der Waals surface area contributed by atoms with E-state index in [0.29, 0.717) is 0 Å². The second-order valence-corrected chi connectivity index (χ2v) is 8.69. The SMILES string of the molecule is CCc1nn(C)c(CC)c1CC(=O)NC(CS(C)(=O)=O)c1ccccc1. The van der Waals surface area contributed by atoms with E-state index < -0.39 is 15.9 Å². The van der Waals surface area contributed by atoms with Gasteiger partial charge in [-0.05, 0) is 18.4 Å². The Morgan fingerprint density at radius 3 is 2.38 bits per heavy atom. The fraction of sp³-hybridized carbons (Fsp3) is 0.474. The molecule has 1 amide bonds. The van der Waals surface area contributed by atoms with Gasteiger partial charge in [-0.2, -0.15) is 5.10 Å². The number of aromatic nitrogens is 2. The summed E-state index contributed by atoms with van der Waals surface area (Å²) in [5.74, 6) is -0.322. The van der Waals surface area contributed by atoms with Crippen LogP contribution in [0.5, 0.6) is 0 Å². The van der Waals surface area contributed by atoms with Gasteiger partial charge in [0, 0.05) is 24.6 Å². The van der Waals surface area contributed by atoms with E-state index in [9.17, 15) is 13.2 Å². The van der Waals surface area contributed by atoms with Crippen LogP contribution in [0.15, 0.2) is 30.3 Å². The first-order valence-corrected chi connectivity index (χ1v) is 10.9. The average Bonchev–Trinajstić information content (AvgIpc) is 2.88. The predicted octanol–water partition coefficient (Wildman–Crippen LogP) is 1.99. The molecule has 0 aliphatic rings. The number of rotatable bonds is 8. The van der Waals surface area contributed by atoms with Crippen molar-refractivity contribution in [2.45, 2.75) is 39.2 Å². The van der Waals surface area contributed by atoms with E-state index in [1.54, 1.807) is 0 Å². The largest absolute Gasteiger partial charge is 0.348 e. The second-order valence-electron chi connectivity index (χ2n) is 6.50. The van der Waals surface area contributed by atoms with Gasteiger partial charge in [0.2, 0.25) is 5.91 Å². The summed E-state index contributed by atoms with van der Waals surface area (Å²) in [6.07, 6.45) is 2.92. The molecule has 0 aliphatic carbocycles. The van der Waals surface area contributed by atoms with Gasteiger partial charge in [0.05, 0.1) is 23.9 Å². The van der Waals surface area contributed by atoms with Crippen LogP contribution < -0.4 is 5.32 Å². The van der Waals surface area contributed by atoms with Crippen molar-refractivity contribution in [1.29, 1.82) is 0 Å². The van der Waals surface area contributed by atoms with Crippen molar-refractivity contribution in [2.24, 2.45) is 7.05 Å². The van der Waals surface area contributed by atoms with Crippen molar-refractivity contribution < 1.29 is 13.2 Å². The Kier molecular flexibility index (Phi) is 6.58. The molecule has 6 nitrogen and oxygen atoms in total. The van der Waals surface area contributed by atoms with Crippen molar-refractivity contribution in [2.75, 3.05) is 12.0 Å². The Bertz CT molecular complexity index is 858. The quantitative estimate of drug-likeness (QED) is 0.763. The maximum Gasteiger partial charge on any atom is 0.225 e. The highest BCUT2D eigenvalue weighted by atomic mass is 32.2. The van der Waals surface area contributed by atoms with Gasteiger partial charge in [0.1, 0.15) is 9.84 Å². The van der Waals surface area contributed by atoms with E-state index in [2.05, 4.69) is 10.4 Å². The summed E-state index contributed by atoms with van der Waals surface area (Å²) in [7, 11) is -1.36. The molecule has 0 aliphatic heterocycles. The van der Waals surface area contributed by atoms with Gasteiger partial charge in [-0.25, -0.2) is 8.42 Å². The zero-order valence-corrected chi connectivity index (χ0v) is 16.6. The molecule has 1 heterocycles. The Balaban J connectivity index is 2.23. The highest BCUT2D eigenvalue weighted by Gasteiger charge is 2.22. The molecule has 0 bridgehead atoms. The number of nitrogens with zero attached hydrogens (tertiary/aromatic N) is 2. The standard InChI is InChI=1S/C19H27N3O3S/c1-5-16-15(18(6-2)22(3)21-16)12-19(23)20-17(13-26(4,24)25)14-10-8-7-9-11-14/h7-11,17H,5-6,12-13H2,1-4H3,(H,20,23). The first-order valence-electron chi connectivity index (χ1n) is 8.80.